The zero-order chi connectivity index (χ0) is 16.2. The van der Waals surface area contributed by atoms with E-state index in [-0.39, 0.29) is 12.0 Å². The molecule has 2 aromatic rings. The first kappa shape index (κ1) is 15.3. The van der Waals surface area contributed by atoms with Crippen LogP contribution in [0.1, 0.15) is 34.7 Å². The van der Waals surface area contributed by atoms with Crippen molar-refractivity contribution in [3.05, 3.63) is 41.7 Å². The Labute approximate surface area is 134 Å². The lowest BCUT2D eigenvalue weighted by Gasteiger charge is -2.31. The van der Waals surface area contributed by atoms with Gasteiger partial charge in [-0.2, -0.15) is 0 Å². The molecule has 1 saturated heterocycles. The number of aryl methyl sites for hydroxylation is 2. The summed E-state index contributed by atoms with van der Waals surface area (Å²) in [7, 11) is 0. The fourth-order valence-corrected chi connectivity index (χ4v) is 2.64. The molecule has 1 aliphatic heterocycles. The number of likely N-dealkylation sites (tertiary alicyclic amines) is 1. The summed E-state index contributed by atoms with van der Waals surface area (Å²) in [5.74, 6) is 0.658. The van der Waals surface area contributed by atoms with Crippen molar-refractivity contribution in [2.75, 3.05) is 13.1 Å². The third kappa shape index (κ3) is 3.61. The van der Waals surface area contributed by atoms with Crippen molar-refractivity contribution >= 4 is 5.91 Å². The molecule has 0 aliphatic carbocycles. The van der Waals surface area contributed by atoms with E-state index in [0.29, 0.717) is 30.5 Å². The van der Waals surface area contributed by atoms with Crippen molar-refractivity contribution in [2.24, 2.45) is 0 Å². The number of carbonyl (C=O) groups excluding carboxylic acids is 1. The van der Waals surface area contributed by atoms with Crippen LogP contribution in [0.2, 0.25) is 0 Å². The standard InChI is InChI=1S/C16H19N5O2/c1-11-14(10-19-12(2)20-11)15(22)21-8-4-13(5-9-21)23-16-17-6-3-7-18-16/h3,6-7,10,13H,4-5,8-9H2,1-2H3. The molecule has 120 valence electrons. The Morgan fingerprint density at radius 2 is 1.87 bits per heavy atom. The summed E-state index contributed by atoms with van der Waals surface area (Å²) in [5, 5.41) is 0. The zero-order valence-electron chi connectivity index (χ0n) is 13.3. The Hall–Kier alpha value is -2.57. The second kappa shape index (κ2) is 6.68. The molecule has 0 bridgehead atoms. The maximum absolute atomic E-state index is 12.6. The fraction of sp³-hybridized carbons (Fsp3) is 0.438. The van der Waals surface area contributed by atoms with Crippen molar-refractivity contribution in [3.63, 3.8) is 0 Å². The van der Waals surface area contributed by atoms with Crippen LogP contribution >= 0.6 is 0 Å². The lowest BCUT2D eigenvalue weighted by molar-refractivity contribution is 0.0577. The molecule has 3 rings (SSSR count). The number of carbonyl (C=O) groups is 1. The Morgan fingerprint density at radius 1 is 1.17 bits per heavy atom. The molecule has 7 nitrogen and oxygen atoms in total. The maximum atomic E-state index is 12.6. The van der Waals surface area contributed by atoms with Crippen molar-refractivity contribution in [2.45, 2.75) is 32.8 Å². The van der Waals surface area contributed by atoms with Gasteiger partial charge in [0.05, 0.1) is 11.3 Å². The first-order valence-corrected chi connectivity index (χ1v) is 7.66. The molecule has 0 aromatic carbocycles. The number of ether oxygens (including phenoxy) is 1. The van der Waals surface area contributed by atoms with Gasteiger partial charge in [0.15, 0.2) is 0 Å². The van der Waals surface area contributed by atoms with Gasteiger partial charge in [-0.25, -0.2) is 19.9 Å². The predicted octanol–water partition coefficient (Wildman–Crippen LogP) is 1.57. The average Bonchev–Trinajstić information content (AvgIpc) is 2.56. The molecular weight excluding hydrogens is 294 g/mol. The van der Waals surface area contributed by atoms with E-state index in [0.717, 1.165) is 18.5 Å². The molecule has 23 heavy (non-hydrogen) atoms. The van der Waals surface area contributed by atoms with Crippen LogP contribution in [0.25, 0.3) is 0 Å². The number of aromatic nitrogens is 4. The normalized spacial score (nSPS) is 15.5. The van der Waals surface area contributed by atoms with Gasteiger partial charge in [-0.1, -0.05) is 0 Å². The summed E-state index contributed by atoms with van der Waals surface area (Å²) in [6.45, 7) is 4.94. The molecule has 0 spiro atoms. The smallest absolute Gasteiger partial charge is 0.316 e. The van der Waals surface area contributed by atoms with Crippen LogP contribution in [-0.4, -0.2) is 49.9 Å². The molecular formula is C16H19N5O2. The molecule has 3 heterocycles. The van der Waals surface area contributed by atoms with Crippen molar-refractivity contribution < 1.29 is 9.53 Å². The molecule has 1 amide bonds. The van der Waals surface area contributed by atoms with E-state index in [9.17, 15) is 4.79 Å². The molecule has 2 aromatic heterocycles. The van der Waals surface area contributed by atoms with Gasteiger partial charge in [-0.05, 0) is 19.9 Å². The molecule has 7 heteroatoms. The SMILES string of the molecule is Cc1ncc(C(=O)N2CCC(Oc3ncccn3)CC2)c(C)n1. The number of nitrogens with zero attached hydrogens (tertiary/aromatic N) is 5. The summed E-state index contributed by atoms with van der Waals surface area (Å²) in [5.41, 5.74) is 1.29. The fourth-order valence-electron chi connectivity index (χ4n) is 2.64. The van der Waals surface area contributed by atoms with Gasteiger partial charge in [0, 0.05) is 44.5 Å². The van der Waals surface area contributed by atoms with Gasteiger partial charge in [-0.3, -0.25) is 4.79 Å². The molecule has 1 fully saturated rings. The van der Waals surface area contributed by atoms with Gasteiger partial charge >= 0.3 is 6.01 Å². The predicted molar refractivity (Wildman–Crippen MR) is 83.1 cm³/mol. The number of amides is 1. The van der Waals surface area contributed by atoms with E-state index in [1.807, 2.05) is 18.7 Å². The van der Waals surface area contributed by atoms with Gasteiger partial charge in [-0.15, -0.1) is 0 Å². The van der Waals surface area contributed by atoms with Crippen LogP contribution in [0.5, 0.6) is 6.01 Å². The minimum atomic E-state index is -0.0167. The number of hydrogen-bond donors (Lipinski definition) is 0. The highest BCUT2D eigenvalue weighted by atomic mass is 16.5. The summed E-state index contributed by atoms with van der Waals surface area (Å²) >= 11 is 0. The van der Waals surface area contributed by atoms with Crippen LogP contribution in [0.4, 0.5) is 0 Å². The summed E-state index contributed by atoms with van der Waals surface area (Å²) in [6.07, 6.45) is 6.48. The number of piperidine rings is 1. The Kier molecular flexibility index (Phi) is 4.45. The Bertz CT molecular complexity index is 684. The molecule has 0 radical (unpaired) electrons. The minimum absolute atomic E-state index is 0.0167. The largest absolute Gasteiger partial charge is 0.460 e. The van der Waals surface area contributed by atoms with E-state index in [2.05, 4.69) is 19.9 Å². The van der Waals surface area contributed by atoms with Crippen LogP contribution < -0.4 is 4.74 Å². The van der Waals surface area contributed by atoms with E-state index >= 15 is 0 Å². The average molecular weight is 313 g/mol. The maximum Gasteiger partial charge on any atom is 0.316 e. The van der Waals surface area contributed by atoms with Crippen LogP contribution in [0, 0.1) is 13.8 Å². The quantitative estimate of drug-likeness (QED) is 0.855. The third-order valence-electron chi connectivity index (χ3n) is 3.87. The highest BCUT2D eigenvalue weighted by molar-refractivity contribution is 5.95. The molecule has 1 aliphatic rings. The van der Waals surface area contributed by atoms with Crippen LogP contribution in [0.15, 0.2) is 24.7 Å². The van der Waals surface area contributed by atoms with Crippen molar-refractivity contribution in [1.82, 2.24) is 24.8 Å². The van der Waals surface area contributed by atoms with Crippen molar-refractivity contribution in [3.8, 4) is 6.01 Å². The minimum Gasteiger partial charge on any atom is -0.460 e. The van der Waals surface area contributed by atoms with Crippen molar-refractivity contribution in [1.29, 1.82) is 0 Å². The third-order valence-corrected chi connectivity index (χ3v) is 3.87. The molecule has 0 atom stereocenters. The second-order valence-electron chi connectivity index (χ2n) is 5.56. The monoisotopic (exact) mass is 313 g/mol. The molecule has 0 N–H and O–H groups in total. The van der Waals surface area contributed by atoms with Gasteiger partial charge in [0.1, 0.15) is 11.9 Å². The van der Waals surface area contributed by atoms with E-state index in [1.165, 1.54) is 0 Å². The summed E-state index contributed by atoms with van der Waals surface area (Å²) < 4.78 is 5.74. The van der Waals surface area contributed by atoms with Crippen LogP contribution in [0.3, 0.4) is 0 Å². The summed E-state index contributed by atoms with van der Waals surface area (Å²) in [4.78, 5) is 30.9. The zero-order valence-corrected chi connectivity index (χ0v) is 13.3. The van der Waals surface area contributed by atoms with E-state index in [1.54, 1.807) is 24.7 Å². The van der Waals surface area contributed by atoms with Gasteiger partial charge in [0.2, 0.25) is 0 Å². The number of rotatable bonds is 3. The van der Waals surface area contributed by atoms with Crippen LogP contribution in [-0.2, 0) is 0 Å². The Balaban J connectivity index is 1.59. The first-order chi connectivity index (χ1) is 11.1. The molecule has 0 saturated carbocycles. The van der Waals surface area contributed by atoms with Gasteiger partial charge < -0.3 is 9.64 Å². The Morgan fingerprint density at radius 3 is 2.52 bits per heavy atom. The topological polar surface area (TPSA) is 81.1 Å². The summed E-state index contributed by atoms with van der Waals surface area (Å²) in [6, 6.07) is 2.14. The highest BCUT2D eigenvalue weighted by Crippen LogP contribution is 2.18. The second-order valence-corrected chi connectivity index (χ2v) is 5.56. The van der Waals surface area contributed by atoms with E-state index < -0.39 is 0 Å². The molecule has 0 unspecified atom stereocenters. The van der Waals surface area contributed by atoms with E-state index in [4.69, 9.17) is 4.74 Å². The van der Waals surface area contributed by atoms with Gasteiger partial charge in [0.25, 0.3) is 5.91 Å². The highest BCUT2D eigenvalue weighted by Gasteiger charge is 2.26. The lowest BCUT2D eigenvalue weighted by Crippen LogP contribution is -2.42. The lowest BCUT2D eigenvalue weighted by atomic mass is 10.1. The first-order valence-electron chi connectivity index (χ1n) is 7.66. The number of hydrogen-bond acceptors (Lipinski definition) is 6.